The highest BCUT2D eigenvalue weighted by molar-refractivity contribution is 6.03. The summed E-state index contributed by atoms with van der Waals surface area (Å²) in [5, 5.41) is 9.53. The van der Waals surface area contributed by atoms with Crippen LogP contribution >= 0.6 is 0 Å². The van der Waals surface area contributed by atoms with Gasteiger partial charge in [0.15, 0.2) is 5.75 Å². The van der Waals surface area contributed by atoms with E-state index in [1.54, 1.807) is 6.07 Å². The third-order valence-corrected chi connectivity index (χ3v) is 6.91. The number of benzene rings is 1. The molecule has 0 spiro atoms. The lowest BCUT2D eigenvalue weighted by Crippen LogP contribution is -2.34. The van der Waals surface area contributed by atoms with Gasteiger partial charge in [-0.15, -0.1) is 0 Å². The highest BCUT2D eigenvalue weighted by atomic mass is 19.1. The van der Waals surface area contributed by atoms with Crippen molar-refractivity contribution in [1.29, 1.82) is 0 Å². The molecule has 3 unspecified atom stereocenters. The van der Waals surface area contributed by atoms with Gasteiger partial charge >= 0.3 is 5.97 Å². The average molecular weight is 416 g/mol. The van der Waals surface area contributed by atoms with Gasteiger partial charge in [-0.2, -0.15) is 0 Å². The van der Waals surface area contributed by atoms with Crippen LogP contribution in [0.2, 0.25) is 0 Å². The van der Waals surface area contributed by atoms with Crippen LogP contribution in [0.1, 0.15) is 42.1 Å². The minimum absolute atomic E-state index is 0.0582. The zero-order valence-corrected chi connectivity index (χ0v) is 16.7. The standard InChI is InChI=1S/C21H25FN4O4/c1-30-19-15(25-5-2-10(8-25)21(24)3-4-21)7-13(23)16-17(19)26(14-6-12(14)22)9-11(18(16)27)20(28)29/h7,9-10,12,14H,2-6,8,23-24H2,1H3,(H,28,29). The van der Waals surface area contributed by atoms with Crippen LogP contribution in [-0.2, 0) is 0 Å². The third kappa shape index (κ3) is 2.75. The lowest BCUT2D eigenvalue weighted by molar-refractivity contribution is 0.0694. The molecule has 0 bridgehead atoms. The Labute approximate surface area is 172 Å². The minimum atomic E-state index is -1.37. The largest absolute Gasteiger partial charge is 0.492 e. The van der Waals surface area contributed by atoms with Gasteiger partial charge in [-0.1, -0.05) is 0 Å². The van der Waals surface area contributed by atoms with Gasteiger partial charge in [-0.3, -0.25) is 4.79 Å². The fourth-order valence-electron chi connectivity index (χ4n) is 4.83. The van der Waals surface area contributed by atoms with Crippen LogP contribution in [0.25, 0.3) is 10.9 Å². The zero-order chi connectivity index (χ0) is 21.4. The van der Waals surface area contributed by atoms with Gasteiger partial charge in [0.05, 0.1) is 29.7 Å². The van der Waals surface area contributed by atoms with Gasteiger partial charge in [-0.05, 0) is 31.2 Å². The number of rotatable bonds is 5. The van der Waals surface area contributed by atoms with Crippen molar-refractivity contribution in [2.75, 3.05) is 30.8 Å². The number of ether oxygens (including phenoxy) is 1. The van der Waals surface area contributed by atoms with E-state index in [1.807, 2.05) is 0 Å². The van der Waals surface area contributed by atoms with E-state index in [2.05, 4.69) is 4.90 Å². The van der Waals surface area contributed by atoms with E-state index in [0.717, 1.165) is 38.0 Å². The monoisotopic (exact) mass is 416 g/mol. The number of carboxylic acid groups (broad SMARTS) is 1. The van der Waals surface area contributed by atoms with Gasteiger partial charge < -0.3 is 30.8 Å². The summed E-state index contributed by atoms with van der Waals surface area (Å²) in [6, 6.07) is 1.12. The Hall–Kier alpha value is -2.81. The molecule has 2 aromatic rings. The first-order valence-corrected chi connectivity index (χ1v) is 10.2. The molecule has 0 amide bonds. The van der Waals surface area contributed by atoms with Crippen molar-refractivity contribution in [2.45, 2.75) is 43.4 Å². The number of halogens is 1. The van der Waals surface area contributed by atoms with Crippen molar-refractivity contribution in [3.8, 4) is 5.75 Å². The van der Waals surface area contributed by atoms with E-state index in [4.69, 9.17) is 16.2 Å². The maximum atomic E-state index is 14.0. The number of pyridine rings is 1. The molecule has 9 heteroatoms. The van der Waals surface area contributed by atoms with Crippen molar-refractivity contribution in [1.82, 2.24) is 4.57 Å². The predicted molar refractivity (Wildman–Crippen MR) is 111 cm³/mol. The quantitative estimate of drug-likeness (QED) is 0.636. The molecule has 1 aliphatic heterocycles. The van der Waals surface area contributed by atoms with Gasteiger partial charge in [0.2, 0.25) is 5.43 Å². The van der Waals surface area contributed by atoms with Crippen molar-refractivity contribution >= 4 is 28.2 Å². The summed E-state index contributed by atoms with van der Waals surface area (Å²) in [4.78, 5) is 26.7. The summed E-state index contributed by atoms with van der Waals surface area (Å²) in [5.74, 6) is -0.585. The normalized spacial score (nSPS) is 26.8. The lowest BCUT2D eigenvalue weighted by atomic mass is 9.97. The van der Waals surface area contributed by atoms with Crippen LogP contribution in [0.5, 0.6) is 5.75 Å². The Kier molecular flexibility index (Phi) is 4.05. The number of carboxylic acids is 1. The number of anilines is 2. The molecule has 1 aromatic heterocycles. The summed E-state index contributed by atoms with van der Waals surface area (Å²) in [7, 11) is 1.49. The number of nitrogens with zero attached hydrogens (tertiary/aromatic N) is 2. The fourth-order valence-corrected chi connectivity index (χ4v) is 4.83. The summed E-state index contributed by atoms with van der Waals surface area (Å²) in [6.07, 6.45) is 3.38. The number of hydrogen-bond acceptors (Lipinski definition) is 6. The molecule has 160 valence electrons. The molecular weight excluding hydrogens is 391 g/mol. The molecular formula is C21H25FN4O4. The molecule has 3 fully saturated rings. The predicted octanol–water partition coefficient (Wildman–Crippen LogP) is 1.89. The van der Waals surface area contributed by atoms with Gasteiger partial charge in [0, 0.05) is 36.9 Å². The topological polar surface area (TPSA) is 124 Å². The SMILES string of the molecule is COc1c(N2CCC(C3(N)CC3)C2)cc(N)c2c(=O)c(C(=O)O)cn(C3CC3F)c12. The van der Waals surface area contributed by atoms with Crippen molar-refractivity contribution in [2.24, 2.45) is 11.7 Å². The molecule has 1 aromatic carbocycles. The molecule has 5 N–H and O–H groups in total. The van der Waals surface area contributed by atoms with E-state index in [-0.39, 0.29) is 23.0 Å². The van der Waals surface area contributed by atoms with Crippen LogP contribution in [0, 0.1) is 5.92 Å². The maximum absolute atomic E-state index is 14.0. The van der Waals surface area contributed by atoms with E-state index in [0.29, 0.717) is 17.2 Å². The fraction of sp³-hybridized carbons (Fsp3) is 0.524. The first-order chi connectivity index (χ1) is 14.2. The van der Waals surface area contributed by atoms with Gasteiger partial charge in [0.25, 0.3) is 0 Å². The molecule has 0 radical (unpaired) electrons. The molecule has 2 saturated carbocycles. The van der Waals surface area contributed by atoms with Crippen LogP contribution in [-0.4, -0.2) is 47.6 Å². The first kappa shape index (κ1) is 19.2. The summed E-state index contributed by atoms with van der Waals surface area (Å²) >= 11 is 0. The molecule has 8 nitrogen and oxygen atoms in total. The van der Waals surface area contributed by atoms with E-state index >= 15 is 0 Å². The Balaban J connectivity index is 1.72. The Morgan fingerprint density at radius 1 is 1.40 bits per heavy atom. The molecule has 30 heavy (non-hydrogen) atoms. The van der Waals surface area contributed by atoms with Crippen molar-refractivity contribution < 1.29 is 19.0 Å². The lowest BCUT2D eigenvalue weighted by Gasteiger charge is -2.26. The molecule has 2 heterocycles. The minimum Gasteiger partial charge on any atom is -0.492 e. The van der Waals surface area contributed by atoms with Crippen LogP contribution in [0.4, 0.5) is 15.8 Å². The summed E-state index contributed by atoms with van der Waals surface area (Å²) in [6.45, 7) is 1.53. The number of nitrogens with two attached hydrogens (primary N) is 2. The highest BCUT2D eigenvalue weighted by Crippen LogP contribution is 2.48. The molecule has 5 rings (SSSR count). The average Bonchev–Trinajstić information content (AvgIpc) is 3.56. The summed E-state index contributed by atoms with van der Waals surface area (Å²) in [5.41, 5.74) is 12.7. The van der Waals surface area contributed by atoms with E-state index in [9.17, 15) is 19.1 Å². The summed E-state index contributed by atoms with van der Waals surface area (Å²) < 4.78 is 21.2. The number of aromatic nitrogens is 1. The number of aromatic carboxylic acids is 1. The van der Waals surface area contributed by atoms with Gasteiger partial charge in [-0.25, -0.2) is 9.18 Å². The number of carbonyl (C=O) groups is 1. The second kappa shape index (κ2) is 6.34. The van der Waals surface area contributed by atoms with Crippen molar-refractivity contribution in [3.05, 3.63) is 28.0 Å². The van der Waals surface area contributed by atoms with E-state index < -0.39 is 29.2 Å². The molecule has 3 aliphatic rings. The Morgan fingerprint density at radius 2 is 2.10 bits per heavy atom. The molecule has 1 saturated heterocycles. The van der Waals surface area contributed by atoms with E-state index in [1.165, 1.54) is 17.9 Å². The Morgan fingerprint density at radius 3 is 2.67 bits per heavy atom. The second-order valence-corrected chi connectivity index (χ2v) is 8.81. The number of hydrogen-bond donors (Lipinski definition) is 3. The van der Waals surface area contributed by atoms with Crippen LogP contribution in [0.15, 0.2) is 17.1 Å². The van der Waals surface area contributed by atoms with Gasteiger partial charge in [0.1, 0.15) is 11.7 Å². The zero-order valence-electron chi connectivity index (χ0n) is 16.7. The number of methoxy groups -OCH3 is 1. The highest BCUT2D eigenvalue weighted by Gasteiger charge is 2.48. The maximum Gasteiger partial charge on any atom is 0.341 e. The number of nitrogen functional groups attached to an aromatic ring is 1. The van der Waals surface area contributed by atoms with Crippen molar-refractivity contribution in [3.63, 3.8) is 0 Å². The number of fused-ring (bicyclic) bond motifs is 1. The van der Waals surface area contributed by atoms with Crippen LogP contribution in [0.3, 0.4) is 0 Å². The number of alkyl halides is 1. The second-order valence-electron chi connectivity index (χ2n) is 8.81. The Bertz CT molecular complexity index is 1130. The molecule has 2 aliphatic carbocycles. The van der Waals surface area contributed by atoms with Crippen LogP contribution < -0.4 is 26.5 Å². The molecule has 3 atom stereocenters. The first-order valence-electron chi connectivity index (χ1n) is 10.2. The third-order valence-electron chi connectivity index (χ3n) is 6.91. The smallest absolute Gasteiger partial charge is 0.341 e.